The maximum Gasteiger partial charge on any atom is 0.160 e. The number of ketones is 1. The minimum absolute atomic E-state index is 0.104. The highest BCUT2D eigenvalue weighted by molar-refractivity contribution is 7.23. The first-order valence-corrected chi connectivity index (χ1v) is 8.91. The fourth-order valence-corrected chi connectivity index (χ4v) is 3.83. The highest BCUT2D eigenvalue weighted by atomic mass is 32.1. The number of hydrogen-bond acceptors (Lipinski definition) is 5. The molecule has 25 heavy (non-hydrogen) atoms. The van der Waals surface area contributed by atoms with Crippen LogP contribution in [-0.4, -0.2) is 29.9 Å². The average molecular weight is 355 g/mol. The average Bonchev–Trinajstić information content (AvgIpc) is 2.92. The molecule has 1 aromatic heterocycles. The van der Waals surface area contributed by atoms with Crippen molar-refractivity contribution in [3.63, 3.8) is 0 Å². The zero-order chi connectivity index (χ0) is 18.8. The summed E-state index contributed by atoms with van der Waals surface area (Å²) in [5.74, 6) is -0.0464. The fourth-order valence-electron chi connectivity index (χ4n) is 2.77. The second-order valence-corrected chi connectivity index (χ2v) is 7.34. The quantitative estimate of drug-likeness (QED) is 0.640. The molecule has 2 aromatic carbocycles. The lowest BCUT2D eigenvalue weighted by molar-refractivity contribution is 0.101. The highest BCUT2D eigenvalue weighted by Gasteiger charge is 2.18. The number of nitrogens with zero attached hydrogens (tertiary/aromatic N) is 1. The van der Waals surface area contributed by atoms with Crippen LogP contribution < -0.4 is 5.32 Å². The summed E-state index contributed by atoms with van der Waals surface area (Å²) in [4.78, 5) is 14.0. The summed E-state index contributed by atoms with van der Waals surface area (Å²) in [7, 11) is 3.85. The van der Waals surface area contributed by atoms with Gasteiger partial charge in [-0.25, -0.2) is 0 Å². The van der Waals surface area contributed by atoms with E-state index >= 15 is 0 Å². The van der Waals surface area contributed by atoms with E-state index in [9.17, 15) is 9.90 Å². The number of phenolic OH excluding ortho intramolecular Hbond substituents is 1. The van der Waals surface area contributed by atoms with Crippen molar-refractivity contribution in [1.82, 2.24) is 4.90 Å². The molecule has 130 valence electrons. The lowest BCUT2D eigenvalue weighted by atomic mass is 10.0. The second kappa shape index (κ2) is 7.25. The van der Waals surface area contributed by atoms with Gasteiger partial charge in [-0.3, -0.25) is 4.79 Å². The number of carbonyl (C=O) groups excluding carboxylic acids is 1. The normalized spacial score (nSPS) is 11.8. The Morgan fingerprint density at radius 2 is 2.04 bits per heavy atom. The highest BCUT2D eigenvalue weighted by Crippen LogP contribution is 2.39. The van der Waals surface area contributed by atoms with E-state index in [0.717, 1.165) is 15.8 Å². The molecule has 0 fully saturated rings. The lowest BCUT2D eigenvalue weighted by Gasteiger charge is -2.13. The van der Waals surface area contributed by atoms with Crippen LogP contribution in [0.1, 0.15) is 29.8 Å². The topological polar surface area (TPSA) is 52.6 Å². The molecule has 0 aliphatic heterocycles. The number of hydrogen-bond donors (Lipinski definition) is 2. The first-order chi connectivity index (χ1) is 12.4. The van der Waals surface area contributed by atoms with Gasteiger partial charge in [0.15, 0.2) is 5.78 Å². The van der Waals surface area contributed by atoms with E-state index in [0.29, 0.717) is 35.1 Å². The van der Waals surface area contributed by atoms with E-state index in [-0.39, 0.29) is 11.5 Å². The molecule has 0 spiro atoms. The Kier molecular flexibility index (Phi) is 4.68. The molecule has 0 saturated carbocycles. The molecule has 5 heteroatoms. The van der Waals surface area contributed by atoms with Crippen LogP contribution in [0.25, 0.3) is 10.1 Å². The second-order valence-electron chi connectivity index (χ2n) is 6.32. The molecular formula is C20H22N2O2S. The summed E-state index contributed by atoms with van der Waals surface area (Å²) >= 11 is 1.42. The van der Waals surface area contributed by atoms with Crippen LogP contribution in [0.15, 0.2) is 42.4 Å². The van der Waals surface area contributed by atoms with Crippen molar-refractivity contribution < 1.29 is 11.3 Å². The molecule has 3 aromatic rings. The number of benzene rings is 2. The number of phenols is 1. The maximum absolute atomic E-state index is 12.1. The molecule has 0 radical (unpaired) electrons. The van der Waals surface area contributed by atoms with E-state index in [4.69, 9.17) is 1.37 Å². The van der Waals surface area contributed by atoms with Gasteiger partial charge in [-0.1, -0.05) is 30.3 Å². The summed E-state index contributed by atoms with van der Waals surface area (Å²) in [5, 5.41) is 15.1. The van der Waals surface area contributed by atoms with Crippen LogP contribution >= 0.6 is 11.3 Å². The van der Waals surface area contributed by atoms with Gasteiger partial charge in [0.05, 0.1) is 6.37 Å². The molecule has 0 aliphatic rings. The minimum Gasteiger partial charge on any atom is -0.508 e. The van der Waals surface area contributed by atoms with E-state index in [1.807, 2.05) is 49.3 Å². The van der Waals surface area contributed by atoms with Crippen molar-refractivity contribution in [3.05, 3.63) is 59.1 Å². The molecule has 0 atom stereocenters. The number of anilines is 1. The molecule has 4 nitrogen and oxygen atoms in total. The van der Waals surface area contributed by atoms with Gasteiger partial charge in [-0.15, -0.1) is 11.3 Å². The SMILES string of the molecule is [2H]c1c(NCc2ccccc2)sc2c(CN(C)C)c(O)cc(C(C)=O)c12. The first-order valence-electron chi connectivity index (χ1n) is 8.60. The number of nitrogens with one attached hydrogen (secondary N) is 1. The Hall–Kier alpha value is -2.37. The monoisotopic (exact) mass is 355 g/mol. The fraction of sp³-hybridized carbons (Fsp3) is 0.250. The van der Waals surface area contributed by atoms with Gasteiger partial charge in [-0.05, 0) is 38.7 Å². The van der Waals surface area contributed by atoms with Gasteiger partial charge in [-0.2, -0.15) is 0 Å². The molecular weight excluding hydrogens is 332 g/mol. The molecule has 0 aliphatic carbocycles. The molecule has 0 saturated heterocycles. The molecule has 3 rings (SSSR count). The van der Waals surface area contributed by atoms with Crippen molar-refractivity contribution in [2.75, 3.05) is 19.4 Å². The van der Waals surface area contributed by atoms with Gasteiger partial charge >= 0.3 is 0 Å². The number of carbonyl (C=O) groups is 1. The van der Waals surface area contributed by atoms with Gasteiger partial charge in [0.2, 0.25) is 0 Å². The Balaban J connectivity index is 2.09. The number of thiophene rings is 1. The van der Waals surface area contributed by atoms with Gasteiger partial charge in [0, 0.05) is 34.3 Å². The largest absolute Gasteiger partial charge is 0.508 e. The molecule has 0 unspecified atom stereocenters. The van der Waals surface area contributed by atoms with E-state index in [2.05, 4.69) is 5.32 Å². The van der Waals surface area contributed by atoms with Crippen LogP contribution in [-0.2, 0) is 13.1 Å². The third-order valence-corrected chi connectivity index (χ3v) is 5.06. The minimum atomic E-state index is -0.150. The number of aromatic hydroxyl groups is 1. The lowest BCUT2D eigenvalue weighted by Crippen LogP contribution is -2.11. The van der Waals surface area contributed by atoms with E-state index in [1.54, 1.807) is 0 Å². The maximum atomic E-state index is 12.1. The van der Waals surface area contributed by atoms with Crippen LogP contribution in [0.2, 0.25) is 0 Å². The summed E-state index contributed by atoms with van der Waals surface area (Å²) in [6.45, 7) is 2.61. The van der Waals surface area contributed by atoms with Crippen LogP contribution in [0, 0.1) is 0 Å². The molecule has 1 heterocycles. The summed E-state index contributed by atoms with van der Waals surface area (Å²) in [6.07, 6.45) is 0. The molecule has 2 N–H and O–H groups in total. The standard InChI is InChI=1S/C20H22N2O2S/c1-13(23)15-9-18(24)17(12-22(2)3)20-16(15)10-19(25-20)21-11-14-7-5-4-6-8-14/h4-10,21,24H,11-12H2,1-3H3/i10D. The Morgan fingerprint density at radius 1 is 1.32 bits per heavy atom. The van der Waals surface area contributed by atoms with Crippen molar-refractivity contribution in [1.29, 1.82) is 0 Å². The van der Waals surface area contributed by atoms with E-state index < -0.39 is 0 Å². The predicted octanol–water partition coefficient (Wildman–Crippen LogP) is 4.48. The number of fused-ring (bicyclic) bond motifs is 1. The summed E-state index contributed by atoms with van der Waals surface area (Å²) < 4.78 is 9.37. The van der Waals surface area contributed by atoms with Crippen LogP contribution in [0.4, 0.5) is 5.00 Å². The van der Waals surface area contributed by atoms with Crippen LogP contribution in [0.3, 0.4) is 0 Å². The van der Waals surface area contributed by atoms with Crippen molar-refractivity contribution in [3.8, 4) is 5.75 Å². The smallest absolute Gasteiger partial charge is 0.160 e. The van der Waals surface area contributed by atoms with E-state index in [1.165, 1.54) is 24.3 Å². The van der Waals surface area contributed by atoms with Crippen molar-refractivity contribution in [2.24, 2.45) is 0 Å². The van der Waals surface area contributed by atoms with Crippen molar-refractivity contribution >= 4 is 32.2 Å². The number of rotatable bonds is 6. The third kappa shape index (κ3) is 3.83. The molecule has 0 bridgehead atoms. The number of Topliss-reactive ketones (excluding diaryl/α,β-unsaturated/α-hetero) is 1. The van der Waals surface area contributed by atoms with Gasteiger partial charge in [0.25, 0.3) is 0 Å². The Morgan fingerprint density at radius 3 is 2.68 bits per heavy atom. The molecule has 0 amide bonds. The Bertz CT molecular complexity index is 952. The Labute approximate surface area is 153 Å². The first kappa shape index (κ1) is 16.1. The zero-order valence-corrected chi connectivity index (χ0v) is 15.4. The van der Waals surface area contributed by atoms with Gasteiger partial charge < -0.3 is 15.3 Å². The zero-order valence-electron chi connectivity index (χ0n) is 15.6. The van der Waals surface area contributed by atoms with Crippen LogP contribution in [0.5, 0.6) is 5.75 Å². The summed E-state index contributed by atoms with van der Waals surface area (Å²) in [6, 6.07) is 11.8. The third-order valence-electron chi connectivity index (χ3n) is 3.95. The predicted molar refractivity (Wildman–Crippen MR) is 105 cm³/mol. The summed E-state index contributed by atoms with van der Waals surface area (Å²) in [5.41, 5.74) is 2.27. The van der Waals surface area contributed by atoms with Gasteiger partial charge in [0.1, 0.15) is 5.75 Å². The van der Waals surface area contributed by atoms with Crippen molar-refractivity contribution in [2.45, 2.75) is 20.0 Å².